The van der Waals surface area contributed by atoms with E-state index in [1.807, 2.05) is 0 Å². The number of carboxylic acid groups (broad SMARTS) is 1. The highest BCUT2D eigenvalue weighted by molar-refractivity contribution is 7.99. The van der Waals surface area contributed by atoms with Crippen molar-refractivity contribution in [1.82, 2.24) is 14.9 Å². The first kappa shape index (κ1) is 16.1. The van der Waals surface area contributed by atoms with Crippen molar-refractivity contribution < 1.29 is 23.1 Å². The van der Waals surface area contributed by atoms with Gasteiger partial charge in [-0.15, -0.1) is 10.2 Å². The molecule has 1 aliphatic heterocycles. The molecule has 0 radical (unpaired) electrons. The Kier molecular flexibility index (Phi) is 4.51. The summed E-state index contributed by atoms with van der Waals surface area (Å²) in [5.74, 6) is -0.916. The minimum Gasteiger partial charge on any atom is -0.480 e. The highest BCUT2D eigenvalue weighted by Gasteiger charge is 2.46. The van der Waals surface area contributed by atoms with Gasteiger partial charge in [0.15, 0.2) is 0 Å². The van der Waals surface area contributed by atoms with E-state index in [9.17, 15) is 23.1 Å². The number of aliphatic carboxylic acids is 1. The number of carbonyl (C=O) groups excluding carboxylic acids is 1. The van der Waals surface area contributed by atoms with Gasteiger partial charge in [-0.05, 0) is 12.2 Å². The fourth-order valence-electron chi connectivity index (χ4n) is 1.68. The Hall–Kier alpha value is -1.24. The van der Waals surface area contributed by atoms with E-state index in [1.54, 1.807) is 0 Å². The SMILES string of the molecule is CC(=O)Nc1nnc(S(=O)(=O)NC2(C(=O)O)CCSC2)s1. The third-order valence-electron chi connectivity index (χ3n) is 2.68. The third-order valence-corrected chi connectivity index (χ3v) is 6.61. The number of amides is 1. The summed E-state index contributed by atoms with van der Waals surface area (Å²) in [6.45, 7) is 1.25. The van der Waals surface area contributed by atoms with Crippen LogP contribution in [0.4, 0.5) is 5.13 Å². The molecule has 9 nitrogen and oxygen atoms in total. The van der Waals surface area contributed by atoms with Crippen molar-refractivity contribution in [2.24, 2.45) is 0 Å². The van der Waals surface area contributed by atoms with Crippen LogP contribution in [-0.4, -0.2) is 52.6 Å². The van der Waals surface area contributed by atoms with Gasteiger partial charge >= 0.3 is 5.97 Å². The number of carboxylic acids is 1. The van der Waals surface area contributed by atoms with Gasteiger partial charge in [-0.3, -0.25) is 9.59 Å². The highest BCUT2D eigenvalue weighted by atomic mass is 32.2. The summed E-state index contributed by atoms with van der Waals surface area (Å²) >= 11 is 2.02. The quantitative estimate of drug-likeness (QED) is 0.616. The molecule has 1 aromatic heterocycles. The molecule has 1 aromatic rings. The number of aromatic nitrogens is 2. The summed E-state index contributed by atoms with van der Waals surface area (Å²) in [5.41, 5.74) is -1.52. The lowest BCUT2D eigenvalue weighted by molar-refractivity contribution is -0.143. The molecule has 116 valence electrons. The van der Waals surface area contributed by atoms with E-state index in [4.69, 9.17) is 0 Å². The van der Waals surface area contributed by atoms with Crippen LogP contribution in [-0.2, 0) is 19.6 Å². The molecule has 1 unspecified atom stereocenters. The van der Waals surface area contributed by atoms with Crippen LogP contribution >= 0.6 is 23.1 Å². The Morgan fingerprint density at radius 1 is 1.38 bits per heavy atom. The lowest BCUT2D eigenvalue weighted by Crippen LogP contribution is -2.54. The summed E-state index contributed by atoms with van der Waals surface area (Å²) < 4.78 is 26.2. The molecule has 2 heterocycles. The molecular weight excluding hydrogens is 340 g/mol. The maximum Gasteiger partial charge on any atom is 0.325 e. The molecule has 1 saturated heterocycles. The predicted octanol–water partition coefficient (Wildman–Crippen LogP) is -0.265. The Labute approximate surface area is 128 Å². The molecule has 0 aliphatic carbocycles. The molecule has 1 aliphatic rings. The highest BCUT2D eigenvalue weighted by Crippen LogP contribution is 2.30. The number of nitrogens with zero attached hydrogens (tertiary/aromatic N) is 2. The zero-order chi connectivity index (χ0) is 15.7. The second-order valence-corrected chi connectivity index (χ2v) is 8.29. The molecular formula is C9H12N4O5S3. The van der Waals surface area contributed by atoms with E-state index < -0.39 is 27.4 Å². The van der Waals surface area contributed by atoms with Gasteiger partial charge in [-0.2, -0.15) is 16.5 Å². The summed E-state index contributed by atoms with van der Waals surface area (Å²) in [5, 5.41) is 18.6. The Bertz CT molecular complexity index is 665. The van der Waals surface area contributed by atoms with Gasteiger partial charge in [-0.1, -0.05) is 11.3 Å². The number of rotatable bonds is 5. The summed E-state index contributed by atoms with van der Waals surface area (Å²) in [6, 6.07) is 0. The van der Waals surface area contributed by atoms with Gasteiger partial charge in [0, 0.05) is 12.7 Å². The van der Waals surface area contributed by atoms with Crippen molar-refractivity contribution in [2.75, 3.05) is 16.8 Å². The van der Waals surface area contributed by atoms with Gasteiger partial charge in [0.1, 0.15) is 5.54 Å². The van der Waals surface area contributed by atoms with Gasteiger partial charge in [0.2, 0.25) is 15.4 Å². The summed E-state index contributed by atoms with van der Waals surface area (Å²) in [6.07, 6.45) is 0.198. The molecule has 1 fully saturated rings. The molecule has 0 bridgehead atoms. The lowest BCUT2D eigenvalue weighted by Gasteiger charge is -2.23. The van der Waals surface area contributed by atoms with Crippen molar-refractivity contribution in [3.63, 3.8) is 0 Å². The average molecular weight is 352 g/mol. The average Bonchev–Trinajstić information content (AvgIpc) is 2.98. The van der Waals surface area contributed by atoms with Crippen molar-refractivity contribution in [3.8, 4) is 0 Å². The molecule has 0 saturated carbocycles. The molecule has 21 heavy (non-hydrogen) atoms. The number of thioether (sulfide) groups is 1. The van der Waals surface area contributed by atoms with Crippen molar-refractivity contribution in [2.45, 2.75) is 23.2 Å². The zero-order valence-electron chi connectivity index (χ0n) is 10.8. The Morgan fingerprint density at radius 2 is 2.10 bits per heavy atom. The van der Waals surface area contributed by atoms with E-state index in [-0.39, 0.29) is 21.6 Å². The maximum absolute atomic E-state index is 12.2. The summed E-state index contributed by atoms with van der Waals surface area (Å²) in [7, 11) is -4.11. The number of sulfonamides is 1. The monoisotopic (exact) mass is 352 g/mol. The van der Waals surface area contributed by atoms with E-state index >= 15 is 0 Å². The van der Waals surface area contributed by atoms with Crippen molar-refractivity contribution >= 4 is 50.1 Å². The van der Waals surface area contributed by atoms with Crippen LogP contribution in [0.5, 0.6) is 0 Å². The smallest absolute Gasteiger partial charge is 0.325 e. The number of carbonyl (C=O) groups is 2. The van der Waals surface area contributed by atoms with Gasteiger partial charge in [0.25, 0.3) is 10.0 Å². The minimum atomic E-state index is -4.11. The molecule has 2 rings (SSSR count). The van der Waals surface area contributed by atoms with E-state index in [0.29, 0.717) is 17.1 Å². The first-order chi connectivity index (χ1) is 9.75. The fourth-order valence-corrected chi connectivity index (χ4v) is 5.43. The van der Waals surface area contributed by atoms with Crippen molar-refractivity contribution in [1.29, 1.82) is 0 Å². The number of hydrogen-bond acceptors (Lipinski definition) is 8. The number of anilines is 1. The van der Waals surface area contributed by atoms with E-state index in [1.165, 1.54) is 18.7 Å². The van der Waals surface area contributed by atoms with E-state index in [2.05, 4.69) is 20.2 Å². The zero-order valence-corrected chi connectivity index (χ0v) is 13.3. The molecule has 3 N–H and O–H groups in total. The molecule has 0 spiro atoms. The van der Waals surface area contributed by atoms with E-state index in [0.717, 1.165) is 0 Å². The number of hydrogen-bond donors (Lipinski definition) is 3. The summed E-state index contributed by atoms with van der Waals surface area (Å²) in [4.78, 5) is 22.2. The van der Waals surface area contributed by atoms with Crippen LogP contribution in [0.25, 0.3) is 0 Å². The molecule has 0 aromatic carbocycles. The molecule has 12 heteroatoms. The Balaban J connectivity index is 2.23. The lowest BCUT2D eigenvalue weighted by atomic mass is 10.0. The van der Waals surface area contributed by atoms with Crippen LogP contribution in [0, 0.1) is 0 Å². The van der Waals surface area contributed by atoms with Crippen LogP contribution in [0.3, 0.4) is 0 Å². The fraction of sp³-hybridized carbons (Fsp3) is 0.556. The van der Waals surface area contributed by atoms with Crippen LogP contribution in [0.2, 0.25) is 0 Å². The van der Waals surface area contributed by atoms with Crippen LogP contribution in [0.15, 0.2) is 4.34 Å². The van der Waals surface area contributed by atoms with Crippen LogP contribution in [0.1, 0.15) is 13.3 Å². The third kappa shape index (κ3) is 3.51. The van der Waals surface area contributed by atoms with Gasteiger partial charge < -0.3 is 10.4 Å². The normalized spacial score (nSPS) is 22.1. The maximum atomic E-state index is 12.2. The van der Waals surface area contributed by atoms with Crippen LogP contribution < -0.4 is 10.0 Å². The standard InChI is InChI=1S/C9H12N4O5S3/c1-5(14)10-7-11-12-8(20-7)21(17,18)13-9(6(15)16)2-3-19-4-9/h13H,2-4H2,1H3,(H,15,16)(H,10,11,14). The minimum absolute atomic E-state index is 0.0352. The first-order valence-corrected chi connectivity index (χ1v) is 9.17. The van der Waals surface area contributed by atoms with Crippen molar-refractivity contribution in [3.05, 3.63) is 0 Å². The predicted molar refractivity (Wildman–Crippen MR) is 76.8 cm³/mol. The Morgan fingerprint density at radius 3 is 2.62 bits per heavy atom. The topological polar surface area (TPSA) is 138 Å². The largest absolute Gasteiger partial charge is 0.480 e. The first-order valence-electron chi connectivity index (χ1n) is 5.71. The number of nitrogens with one attached hydrogen (secondary N) is 2. The molecule has 1 atom stereocenters. The van der Waals surface area contributed by atoms with Gasteiger partial charge in [0.05, 0.1) is 0 Å². The van der Waals surface area contributed by atoms with Gasteiger partial charge in [-0.25, -0.2) is 8.42 Å². The second kappa shape index (κ2) is 5.87. The second-order valence-electron chi connectivity index (χ2n) is 4.35. The molecule has 1 amide bonds.